The third-order valence-corrected chi connectivity index (χ3v) is 1.57. The van der Waals surface area contributed by atoms with Crippen molar-refractivity contribution < 1.29 is 28.0 Å². The second-order valence-corrected chi connectivity index (χ2v) is 2.67. The van der Waals surface area contributed by atoms with Crippen molar-refractivity contribution in [2.45, 2.75) is 6.18 Å². The fraction of sp³-hybridized carbons (Fsp3) is 0.143. The summed E-state index contributed by atoms with van der Waals surface area (Å²) in [6.45, 7) is 0. The van der Waals surface area contributed by atoms with Gasteiger partial charge in [-0.15, -0.1) is 0 Å². The van der Waals surface area contributed by atoms with Gasteiger partial charge in [0.15, 0.2) is 0 Å². The van der Waals surface area contributed by atoms with Crippen molar-refractivity contribution in [3.05, 3.63) is 24.0 Å². The van der Waals surface area contributed by atoms with Gasteiger partial charge < -0.3 is 10.0 Å². The smallest absolute Gasteiger partial charge is 0.423 e. The third-order valence-electron chi connectivity index (χ3n) is 1.57. The normalized spacial score (nSPS) is 11.3. The summed E-state index contributed by atoms with van der Waals surface area (Å²) in [6, 6.07) is 1.78. The quantitative estimate of drug-likeness (QED) is 0.519. The number of ketones is 1. The number of rotatable bonds is 2. The zero-order valence-electron chi connectivity index (χ0n) is 7.19. The van der Waals surface area contributed by atoms with Crippen molar-refractivity contribution in [1.29, 1.82) is 0 Å². The van der Waals surface area contributed by atoms with Crippen LogP contribution in [0.15, 0.2) is 18.3 Å². The predicted octanol–water partition coefficient (Wildman–Crippen LogP) is -0.494. The first-order valence-electron chi connectivity index (χ1n) is 3.76. The molecule has 2 N–H and O–H groups in total. The van der Waals surface area contributed by atoms with Gasteiger partial charge in [0.05, 0.1) is 0 Å². The molecule has 0 aromatic carbocycles. The van der Waals surface area contributed by atoms with Gasteiger partial charge in [-0.25, -0.2) is 0 Å². The van der Waals surface area contributed by atoms with Gasteiger partial charge in [0, 0.05) is 6.20 Å². The molecule has 4 nitrogen and oxygen atoms in total. The van der Waals surface area contributed by atoms with Gasteiger partial charge in [-0.1, -0.05) is 0 Å². The Morgan fingerprint density at radius 3 is 2.47 bits per heavy atom. The van der Waals surface area contributed by atoms with E-state index in [1.807, 2.05) is 0 Å². The number of carbonyl (C=O) groups is 1. The summed E-state index contributed by atoms with van der Waals surface area (Å²) in [5, 5.41) is 17.3. The molecule has 0 fully saturated rings. The van der Waals surface area contributed by atoms with Crippen molar-refractivity contribution in [1.82, 2.24) is 4.98 Å². The molecule has 0 aliphatic rings. The lowest BCUT2D eigenvalue weighted by Crippen LogP contribution is -2.32. The van der Waals surface area contributed by atoms with Crippen LogP contribution >= 0.6 is 0 Å². The van der Waals surface area contributed by atoms with Gasteiger partial charge >= 0.3 is 13.3 Å². The average Bonchev–Trinajstić information content (AvgIpc) is 2.15. The van der Waals surface area contributed by atoms with Gasteiger partial charge in [-0.05, 0) is 17.6 Å². The molecule has 0 amide bonds. The number of aromatic nitrogens is 1. The zero-order valence-corrected chi connectivity index (χ0v) is 7.19. The highest BCUT2D eigenvalue weighted by atomic mass is 19.4. The SMILES string of the molecule is O=C(c1cc(B(O)O)ccn1)C(F)(F)F. The highest BCUT2D eigenvalue weighted by Crippen LogP contribution is 2.19. The Hall–Kier alpha value is -1.41. The number of halogens is 3. The van der Waals surface area contributed by atoms with Crippen molar-refractivity contribution in [2.24, 2.45) is 0 Å². The predicted molar refractivity (Wildman–Crippen MR) is 44.4 cm³/mol. The average molecular weight is 219 g/mol. The Bertz CT molecular complexity index is 380. The molecular weight excluding hydrogens is 214 g/mol. The van der Waals surface area contributed by atoms with Gasteiger partial charge in [0.25, 0.3) is 5.78 Å². The van der Waals surface area contributed by atoms with Crippen LogP contribution in [0.3, 0.4) is 0 Å². The van der Waals surface area contributed by atoms with Crippen molar-refractivity contribution in [3.63, 3.8) is 0 Å². The molecule has 0 aliphatic heterocycles. The van der Waals surface area contributed by atoms with Crippen LogP contribution in [-0.2, 0) is 0 Å². The number of hydrogen-bond donors (Lipinski definition) is 2. The van der Waals surface area contributed by atoms with Crippen LogP contribution in [-0.4, -0.2) is 34.1 Å². The summed E-state index contributed by atoms with van der Waals surface area (Å²) >= 11 is 0. The summed E-state index contributed by atoms with van der Waals surface area (Å²) < 4.78 is 35.9. The molecule has 0 saturated heterocycles. The summed E-state index contributed by atoms with van der Waals surface area (Å²) in [5.74, 6) is -2.12. The summed E-state index contributed by atoms with van der Waals surface area (Å²) in [6.07, 6.45) is -4.13. The maximum absolute atomic E-state index is 12.0. The molecule has 0 bridgehead atoms. The molecule has 15 heavy (non-hydrogen) atoms. The Labute approximate surface area is 82.5 Å². The second-order valence-electron chi connectivity index (χ2n) is 2.67. The first-order chi connectivity index (χ1) is 6.82. The number of Topliss-reactive ketones (excluding diaryl/α,β-unsaturated/α-hetero) is 1. The molecule has 1 rings (SSSR count). The molecule has 0 aliphatic carbocycles. The molecular formula is C7H5BF3NO3. The topological polar surface area (TPSA) is 70.4 Å². The van der Waals surface area contributed by atoms with Crippen LogP contribution in [0, 0.1) is 0 Å². The van der Waals surface area contributed by atoms with Crippen molar-refractivity contribution >= 4 is 18.4 Å². The summed E-state index contributed by atoms with van der Waals surface area (Å²) in [7, 11) is -1.94. The maximum atomic E-state index is 12.0. The summed E-state index contributed by atoms with van der Waals surface area (Å²) in [4.78, 5) is 13.9. The van der Waals surface area contributed by atoms with Gasteiger partial charge in [0.2, 0.25) is 0 Å². The van der Waals surface area contributed by atoms with E-state index >= 15 is 0 Å². The molecule has 0 atom stereocenters. The van der Waals surface area contributed by atoms with Crippen LogP contribution in [0.5, 0.6) is 0 Å². The Morgan fingerprint density at radius 1 is 1.40 bits per heavy atom. The molecule has 1 aromatic heterocycles. The first kappa shape index (κ1) is 11.7. The highest BCUT2D eigenvalue weighted by molar-refractivity contribution is 6.58. The minimum absolute atomic E-state index is 0.224. The van der Waals surface area contributed by atoms with E-state index in [1.165, 1.54) is 0 Å². The number of hydrogen-bond acceptors (Lipinski definition) is 4. The van der Waals surface area contributed by atoms with E-state index in [0.29, 0.717) is 6.07 Å². The molecule has 0 unspecified atom stereocenters. The van der Waals surface area contributed by atoms with E-state index in [0.717, 1.165) is 12.3 Å². The molecule has 80 valence electrons. The lowest BCUT2D eigenvalue weighted by molar-refractivity contribution is -0.0888. The van der Waals surface area contributed by atoms with Crippen LogP contribution in [0.2, 0.25) is 0 Å². The Morgan fingerprint density at radius 2 is 2.00 bits per heavy atom. The highest BCUT2D eigenvalue weighted by Gasteiger charge is 2.40. The van der Waals surface area contributed by atoms with Crippen molar-refractivity contribution in [2.75, 3.05) is 0 Å². The number of alkyl halides is 3. The fourth-order valence-corrected chi connectivity index (χ4v) is 0.877. The van der Waals surface area contributed by atoms with E-state index in [1.54, 1.807) is 0 Å². The summed E-state index contributed by atoms with van der Waals surface area (Å²) in [5.41, 5.74) is -1.09. The second kappa shape index (κ2) is 3.99. The van der Waals surface area contributed by atoms with Gasteiger partial charge in [0.1, 0.15) is 5.69 Å². The van der Waals surface area contributed by atoms with E-state index in [-0.39, 0.29) is 5.46 Å². The minimum atomic E-state index is -5.02. The zero-order chi connectivity index (χ0) is 11.6. The molecule has 0 spiro atoms. The fourth-order valence-electron chi connectivity index (χ4n) is 0.877. The largest absolute Gasteiger partial charge is 0.488 e. The van der Waals surface area contributed by atoms with E-state index in [2.05, 4.69) is 4.98 Å². The number of pyridine rings is 1. The van der Waals surface area contributed by atoms with Crippen LogP contribution in [0.4, 0.5) is 13.2 Å². The lowest BCUT2D eigenvalue weighted by Gasteiger charge is -2.05. The Kier molecular flexibility index (Phi) is 3.11. The number of carbonyl (C=O) groups excluding carboxylic acids is 1. The van der Waals surface area contributed by atoms with Gasteiger partial charge in [-0.2, -0.15) is 13.2 Å². The van der Waals surface area contributed by atoms with E-state index in [9.17, 15) is 18.0 Å². The first-order valence-corrected chi connectivity index (χ1v) is 3.76. The van der Waals surface area contributed by atoms with Crippen LogP contribution < -0.4 is 5.46 Å². The molecule has 1 heterocycles. The molecule has 1 aromatic rings. The maximum Gasteiger partial charge on any atom is 0.488 e. The van der Waals surface area contributed by atoms with Crippen LogP contribution in [0.1, 0.15) is 10.5 Å². The standard InChI is InChI=1S/C7H5BF3NO3/c9-7(10,11)6(13)5-3-4(8(14)15)1-2-12-5/h1-3,14-15H. The molecule has 0 radical (unpaired) electrons. The van der Waals surface area contributed by atoms with E-state index in [4.69, 9.17) is 10.0 Å². The Balaban J connectivity index is 3.06. The van der Waals surface area contributed by atoms with Crippen molar-refractivity contribution in [3.8, 4) is 0 Å². The van der Waals surface area contributed by atoms with Gasteiger partial charge in [-0.3, -0.25) is 9.78 Å². The minimum Gasteiger partial charge on any atom is -0.423 e. The molecule has 8 heteroatoms. The molecule has 0 saturated carbocycles. The van der Waals surface area contributed by atoms with Crippen LogP contribution in [0.25, 0.3) is 0 Å². The third kappa shape index (κ3) is 2.77. The monoisotopic (exact) mass is 219 g/mol. The van der Waals surface area contributed by atoms with E-state index < -0.39 is 24.8 Å². The lowest BCUT2D eigenvalue weighted by atomic mass is 9.80. The number of nitrogens with zero attached hydrogens (tertiary/aromatic N) is 1.